The van der Waals surface area contributed by atoms with E-state index in [0.29, 0.717) is 0 Å². The van der Waals surface area contributed by atoms with E-state index < -0.39 is 0 Å². The molecule has 0 atom stereocenters. The molecule has 0 spiro atoms. The Labute approximate surface area is 118 Å². The van der Waals surface area contributed by atoms with Crippen LogP contribution < -0.4 is 0 Å². The van der Waals surface area contributed by atoms with Crippen LogP contribution in [0.2, 0.25) is 0 Å². The first kappa shape index (κ1) is 17.6. The van der Waals surface area contributed by atoms with Crippen LogP contribution >= 0.6 is 0 Å². The van der Waals surface area contributed by atoms with Crippen LogP contribution in [0.5, 0.6) is 0 Å². The Morgan fingerprint density at radius 1 is 1.26 bits per heavy atom. The van der Waals surface area contributed by atoms with Crippen LogP contribution in [-0.4, -0.2) is 37.6 Å². The third-order valence-corrected chi connectivity index (χ3v) is 2.85. The molecule has 0 heterocycles. The Morgan fingerprint density at radius 3 is 2.68 bits per heavy atom. The zero-order valence-corrected chi connectivity index (χ0v) is 12.6. The second kappa shape index (κ2) is 13.1. The van der Waals surface area contributed by atoms with Gasteiger partial charge in [0.25, 0.3) is 0 Å². The smallest absolute Gasteiger partial charge is 0.0708 e. The summed E-state index contributed by atoms with van der Waals surface area (Å²) in [5.74, 6) is 0. The predicted octanol–water partition coefficient (Wildman–Crippen LogP) is 4.08. The van der Waals surface area contributed by atoms with Gasteiger partial charge in [0, 0.05) is 26.0 Å². The van der Waals surface area contributed by atoms with Crippen LogP contribution in [0.4, 0.5) is 0 Å². The second-order valence-electron chi connectivity index (χ2n) is 4.54. The summed E-state index contributed by atoms with van der Waals surface area (Å²) in [7, 11) is 0. The lowest BCUT2D eigenvalue weighted by molar-refractivity contribution is 0.354. The SMILES string of the molecule is C=NN(CC)CC=NCCCC(=C)C=CCCCC. The maximum Gasteiger partial charge on any atom is 0.0708 e. The lowest BCUT2D eigenvalue weighted by atomic mass is 10.1. The third kappa shape index (κ3) is 11.4. The minimum Gasteiger partial charge on any atom is -0.296 e. The van der Waals surface area contributed by atoms with Crippen molar-refractivity contribution in [2.24, 2.45) is 10.1 Å². The van der Waals surface area contributed by atoms with E-state index in [-0.39, 0.29) is 0 Å². The molecule has 0 bridgehead atoms. The molecule has 19 heavy (non-hydrogen) atoms. The minimum absolute atomic E-state index is 0.748. The summed E-state index contributed by atoms with van der Waals surface area (Å²) >= 11 is 0. The van der Waals surface area contributed by atoms with E-state index >= 15 is 0 Å². The van der Waals surface area contributed by atoms with Crippen molar-refractivity contribution in [3.63, 3.8) is 0 Å². The molecule has 0 amide bonds. The molecule has 0 radical (unpaired) electrons. The Balaban J connectivity index is 3.57. The van der Waals surface area contributed by atoms with E-state index in [1.807, 2.05) is 11.2 Å². The molecule has 0 saturated heterocycles. The first-order chi connectivity index (χ1) is 9.24. The van der Waals surface area contributed by atoms with Gasteiger partial charge in [-0.2, -0.15) is 5.10 Å². The number of aliphatic imine (C=N–C) groups is 1. The fraction of sp³-hybridized carbons (Fsp3) is 0.625. The second-order valence-corrected chi connectivity index (χ2v) is 4.54. The molecule has 0 unspecified atom stereocenters. The summed E-state index contributed by atoms with van der Waals surface area (Å²) in [6.45, 7) is 14.3. The monoisotopic (exact) mass is 263 g/mol. The van der Waals surface area contributed by atoms with Gasteiger partial charge in [-0.25, -0.2) is 0 Å². The molecule has 0 aliphatic heterocycles. The van der Waals surface area contributed by atoms with Crippen molar-refractivity contribution in [2.75, 3.05) is 19.6 Å². The number of hydrazone groups is 1. The van der Waals surface area contributed by atoms with Crippen molar-refractivity contribution in [2.45, 2.75) is 46.0 Å². The maximum absolute atomic E-state index is 4.37. The highest BCUT2D eigenvalue weighted by Crippen LogP contribution is 2.06. The Hall–Kier alpha value is -1.38. The van der Waals surface area contributed by atoms with E-state index in [2.05, 4.69) is 49.4 Å². The Morgan fingerprint density at radius 2 is 2.05 bits per heavy atom. The molecule has 3 heteroatoms. The summed E-state index contributed by atoms with van der Waals surface area (Å²) in [5, 5.41) is 5.74. The molecule has 0 N–H and O–H groups in total. The first-order valence-electron chi connectivity index (χ1n) is 7.28. The molecule has 0 aliphatic carbocycles. The van der Waals surface area contributed by atoms with Crippen molar-refractivity contribution in [1.82, 2.24) is 5.01 Å². The van der Waals surface area contributed by atoms with Gasteiger partial charge in [0.1, 0.15) is 0 Å². The summed E-state index contributed by atoms with van der Waals surface area (Å²) in [5.41, 5.74) is 1.20. The summed E-state index contributed by atoms with van der Waals surface area (Å²) in [6.07, 6.45) is 12.0. The van der Waals surface area contributed by atoms with Crippen molar-refractivity contribution in [3.05, 3.63) is 24.3 Å². The lowest BCUT2D eigenvalue weighted by Crippen LogP contribution is -2.18. The largest absolute Gasteiger partial charge is 0.296 e. The van der Waals surface area contributed by atoms with Gasteiger partial charge in [0.05, 0.1) is 6.54 Å². The molecule has 0 saturated carbocycles. The van der Waals surface area contributed by atoms with Crippen molar-refractivity contribution >= 4 is 12.9 Å². The standard InChI is InChI=1S/C16H29N3/c1-5-7-8-9-11-16(3)12-10-13-18-14-15-19(6-2)17-4/h9,11,14H,3-8,10,12-13,15H2,1-2H3. The fourth-order valence-corrected chi connectivity index (χ4v) is 1.58. The zero-order chi connectivity index (χ0) is 14.3. The molecule has 0 fully saturated rings. The highest BCUT2D eigenvalue weighted by atomic mass is 15.4. The highest BCUT2D eigenvalue weighted by molar-refractivity contribution is 5.59. The number of unbranched alkanes of at least 4 members (excludes halogenated alkanes) is 2. The minimum atomic E-state index is 0.748. The van der Waals surface area contributed by atoms with Gasteiger partial charge in [0.15, 0.2) is 0 Å². The average molecular weight is 263 g/mol. The van der Waals surface area contributed by atoms with Gasteiger partial charge in [0.2, 0.25) is 0 Å². The molecular formula is C16H29N3. The molecule has 0 aromatic carbocycles. The van der Waals surface area contributed by atoms with Gasteiger partial charge in [-0.1, -0.05) is 44.1 Å². The van der Waals surface area contributed by atoms with E-state index in [9.17, 15) is 0 Å². The molecule has 0 aromatic rings. The van der Waals surface area contributed by atoms with Crippen molar-refractivity contribution in [1.29, 1.82) is 0 Å². The third-order valence-electron chi connectivity index (χ3n) is 2.85. The van der Waals surface area contributed by atoms with Crippen LogP contribution in [0.3, 0.4) is 0 Å². The molecular weight excluding hydrogens is 234 g/mol. The van der Waals surface area contributed by atoms with Crippen LogP contribution in [0.25, 0.3) is 0 Å². The predicted molar refractivity (Wildman–Crippen MR) is 87.2 cm³/mol. The number of hydrogen-bond acceptors (Lipinski definition) is 3. The number of rotatable bonds is 12. The van der Waals surface area contributed by atoms with Crippen molar-refractivity contribution in [3.8, 4) is 0 Å². The van der Waals surface area contributed by atoms with Gasteiger partial charge < -0.3 is 0 Å². The fourth-order valence-electron chi connectivity index (χ4n) is 1.58. The van der Waals surface area contributed by atoms with E-state index in [1.165, 1.54) is 18.4 Å². The number of hydrogen-bond donors (Lipinski definition) is 0. The van der Waals surface area contributed by atoms with Crippen LogP contribution in [0.1, 0.15) is 46.0 Å². The van der Waals surface area contributed by atoms with Crippen LogP contribution in [0.15, 0.2) is 34.4 Å². The Bertz CT molecular complexity index is 292. The normalized spacial score (nSPS) is 11.3. The summed E-state index contributed by atoms with van der Waals surface area (Å²) < 4.78 is 0. The van der Waals surface area contributed by atoms with Gasteiger partial charge in [-0.05, 0) is 26.2 Å². The number of nitrogens with zero attached hydrogens (tertiary/aromatic N) is 3. The van der Waals surface area contributed by atoms with Gasteiger partial charge in [-0.3, -0.25) is 10.0 Å². The van der Waals surface area contributed by atoms with E-state index in [0.717, 1.165) is 38.9 Å². The van der Waals surface area contributed by atoms with Crippen LogP contribution in [0, 0.1) is 0 Å². The lowest BCUT2D eigenvalue weighted by Gasteiger charge is -2.11. The molecule has 0 aromatic heterocycles. The first-order valence-corrected chi connectivity index (χ1v) is 7.28. The van der Waals surface area contributed by atoms with Crippen LogP contribution in [-0.2, 0) is 0 Å². The molecule has 3 nitrogen and oxygen atoms in total. The average Bonchev–Trinajstić information content (AvgIpc) is 2.43. The molecule has 0 rings (SSSR count). The quantitative estimate of drug-likeness (QED) is 0.226. The summed E-state index contributed by atoms with van der Waals surface area (Å²) in [6, 6.07) is 0. The zero-order valence-electron chi connectivity index (χ0n) is 12.6. The topological polar surface area (TPSA) is 28.0 Å². The van der Waals surface area contributed by atoms with E-state index in [1.54, 1.807) is 0 Å². The summed E-state index contributed by atoms with van der Waals surface area (Å²) in [4.78, 5) is 4.37. The van der Waals surface area contributed by atoms with Crippen molar-refractivity contribution < 1.29 is 0 Å². The van der Waals surface area contributed by atoms with Gasteiger partial charge >= 0.3 is 0 Å². The van der Waals surface area contributed by atoms with Gasteiger partial charge in [-0.15, -0.1) is 0 Å². The number of allylic oxidation sites excluding steroid dienone is 3. The molecule has 108 valence electrons. The Kier molecular flexibility index (Phi) is 12.1. The maximum atomic E-state index is 4.37. The highest BCUT2D eigenvalue weighted by Gasteiger charge is 1.92. The van der Waals surface area contributed by atoms with E-state index in [4.69, 9.17) is 0 Å². The molecule has 0 aliphatic rings.